The molecule has 1 heterocycles. The van der Waals surface area contributed by atoms with Crippen LogP contribution in [0.15, 0.2) is 33.8 Å². The Kier molecular flexibility index (Phi) is 3.26. The Labute approximate surface area is 111 Å². The summed E-state index contributed by atoms with van der Waals surface area (Å²) in [4.78, 5) is -0.156. The molecule has 0 atom stereocenters. The molecular formula is C9H8BrFN4O2S. The van der Waals surface area contributed by atoms with Gasteiger partial charge in [-0.15, -0.1) is 0 Å². The monoisotopic (exact) mass is 334 g/mol. The number of aromatic nitrogens is 2. The number of hydrogen-bond acceptors (Lipinski definition) is 4. The number of rotatable bonds is 3. The van der Waals surface area contributed by atoms with Gasteiger partial charge >= 0.3 is 0 Å². The highest BCUT2D eigenvalue weighted by molar-refractivity contribution is 9.10. The highest BCUT2D eigenvalue weighted by Crippen LogP contribution is 2.27. The van der Waals surface area contributed by atoms with Crippen molar-refractivity contribution in [3.05, 3.63) is 34.7 Å². The minimum Gasteiger partial charge on any atom is -0.396 e. The Morgan fingerprint density at radius 1 is 1.44 bits per heavy atom. The molecular weight excluding hydrogens is 327 g/mol. The van der Waals surface area contributed by atoms with Gasteiger partial charge < -0.3 is 5.73 Å². The highest BCUT2D eigenvalue weighted by Gasteiger charge is 2.20. The first-order valence-electron chi connectivity index (χ1n) is 4.67. The van der Waals surface area contributed by atoms with Crippen LogP contribution in [0.1, 0.15) is 0 Å². The summed E-state index contributed by atoms with van der Waals surface area (Å²) in [6, 6.07) is 3.48. The molecule has 2 aromatic rings. The van der Waals surface area contributed by atoms with Gasteiger partial charge in [0, 0.05) is 10.5 Å². The molecule has 0 bridgehead atoms. The number of nitrogens with zero attached hydrogens (tertiary/aromatic N) is 1. The van der Waals surface area contributed by atoms with Gasteiger partial charge in [-0.05, 0) is 28.1 Å². The third-order valence-corrected chi connectivity index (χ3v) is 4.41. The normalized spacial score (nSPS) is 11.4. The smallest absolute Gasteiger partial charge is 0.264 e. The fourth-order valence-corrected chi connectivity index (χ4v) is 3.33. The zero-order valence-corrected chi connectivity index (χ0v) is 11.2. The molecule has 1 aromatic carbocycles. The molecule has 0 aliphatic carbocycles. The zero-order chi connectivity index (χ0) is 13.3. The van der Waals surface area contributed by atoms with E-state index in [9.17, 15) is 12.8 Å². The minimum atomic E-state index is -3.87. The third kappa shape index (κ3) is 2.46. The van der Waals surface area contributed by atoms with Crippen LogP contribution < -0.4 is 10.5 Å². The van der Waals surface area contributed by atoms with Gasteiger partial charge in [0.25, 0.3) is 10.0 Å². The summed E-state index contributed by atoms with van der Waals surface area (Å²) in [5, 5.41) is 6.05. The number of halogens is 2. The van der Waals surface area contributed by atoms with E-state index in [1.807, 2.05) is 0 Å². The number of hydrogen-bond donors (Lipinski definition) is 3. The molecule has 96 valence electrons. The largest absolute Gasteiger partial charge is 0.396 e. The quantitative estimate of drug-likeness (QED) is 0.743. The predicted molar refractivity (Wildman–Crippen MR) is 67.9 cm³/mol. The van der Waals surface area contributed by atoms with Gasteiger partial charge in [0.15, 0.2) is 0 Å². The number of sulfonamides is 1. The molecule has 0 amide bonds. The van der Waals surface area contributed by atoms with Crippen LogP contribution in [-0.4, -0.2) is 18.6 Å². The Morgan fingerprint density at radius 2 is 2.17 bits per heavy atom. The second-order valence-electron chi connectivity index (χ2n) is 3.38. The second-order valence-corrected chi connectivity index (χ2v) is 5.89. The number of H-pyrrole nitrogens is 1. The molecule has 0 radical (unpaired) electrons. The van der Waals surface area contributed by atoms with Gasteiger partial charge in [-0.3, -0.25) is 9.82 Å². The first kappa shape index (κ1) is 12.8. The van der Waals surface area contributed by atoms with E-state index >= 15 is 0 Å². The van der Waals surface area contributed by atoms with E-state index in [1.54, 1.807) is 0 Å². The molecule has 0 aliphatic rings. The van der Waals surface area contributed by atoms with E-state index in [0.29, 0.717) is 0 Å². The van der Waals surface area contributed by atoms with Crippen LogP contribution in [0.3, 0.4) is 0 Å². The van der Waals surface area contributed by atoms with Crippen molar-refractivity contribution in [1.29, 1.82) is 0 Å². The number of nitrogens with one attached hydrogen (secondary N) is 2. The van der Waals surface area contributed by atoms with E-state index in [0.717, 1.165) is 12.1 Å². The van der Waals surface area contributed by atoms with Crippen molar-refractivity contribution in [3.8, 4) is 0 Å². The van der Waals surface area contributed by atoms with Crippen LogP contribution in [0.25, 0.3) is 0 Å². The maximum Gasteiger partial charge on any atom is 0.264 e. The van der Waals surface area contributed by atoms with Gasteiger partial charge in [-0.25, -0.2) is 12.8 Å². The predicted octanol–water partition coefficient (Wildman–Crippen LogP) is 1.69. The summed E-state index contributed by atoms with van der Waals surface area (Å²) in [7, 11) is -3.87. The first-order valence-corrected chi connectivity index (χ1v) is 6.94. The van der Waals surface area contributed by atoms with Gasteiger partial charge in [0.05, 0.1) is 11.9 Å². The molecule has 0 aliphatic heterocycles. The zero-order valence-electron chi connectivity index (χ0n) is 8.81. The maximum absolute atomic E-state index is 13.1. The van der Waals surface area contributed by atoms with Gasteiger partial charge in [0.1, 0.15) is 16.5 Å². The SMILES string of the molecule is Nc1cc(S(=O)(=O)Nc2ccn[nH]2)c(Br)cc1F. The van der Waals surface area contributed by atoms with Crippen LogP contribution in [0.5, 0.6) is 0 Å². The van der Waals surface area contributed by atoms with Crippen LogP contribution in [-0.2, 0) is 10.0 Å². The average molecular weight is 335 g/mol. The molecule has 0 saturated carbocycles. The maximum atomic E-state index is 13.1. The van der Waals surface area contributed by atoms with E-state index in [1.165, 1.54) is 12.3 Å². The topological polar surface area (TPSA) is 101 Å². The Morgan fingerprint density at radius 3 is 2.78 bits per heavy atom. The number of nitrogens with two attached hydrogens (primary N) is 1. The highest BCUT2D eigenvalue weighted by atomic mass is 79.9. The summed E-state index contributed by atoms with van der Waals surface area (Å²) in [6.07, 6.45) is 1.39. The number of anilines is 2. The third-order valence-electron chi connectivity index (χ3n) is 2.09. The van der Waals surface area contributed by atoms with Crippen molar-refractivity contribution in [2.75, 3.05) is 10.5 Å². The van der Waals surface area contributed by atoms with Gasteiger partial charge in [0.2, 0.25) is 0 Å². The van der Waals surface area contributed by atoms with Crippen molar-refractivity contribution >= 4 is 37.5 Å². The first-order chi connectivity index (χ1) is 8.40. The number of nitrogen functional groups attached to an aromatic ring is 1. The molecule has 0 saturated heterocycles. The van der Waals surface area contributed by atoms with E-state index < -0.39 is 15.8 Å². The molecule has 9 heteroatoms. The molecule has 0 fully saturated rings. The molecule has 2 rings (SSSR count). The summed E-state index contributed by atoms with van der Waals surface area (Å²) in [5.74, 6) is -0.493. The van der Waals surface area contributed by atoms with Crippen LogP contribution in [0.4, 0.5) is 15.9 Å². The van der Waals surface area contributed by atoms with Crippen LogP contribution in [0.2, 0.25) is 0 Å². The second kappa shape index (κ2) is 4.58. The fraction of sp³-hybridized carbons (Fsp3) is 0. The summed E-state index contributed by atoms with van der Waals surface area (Å²) in [6.45, 7) is 0. The average Bonchev–Trinajstić information content (AvgIpc) is 2.75. The lowest BCUT2D eigenvalue weighted by Gasteiger charge is -2.09. The molecule has 4 N–H and O–H groups in total. The molecule has 1 aromatic heterocycles. The Balaban J connectivity index is 2.44. The van der Waals surface area contributed by atoms with Gasteiger partial charge in [-0.1, -0.05) is 0 Å². The number of benzene rings is 1. The molecule has 0 spiro atoms. The fourth-order valence-electron chi connectivity index (χ4n) is 1.26. The number of aromatic amines is 1. The van der Waals surface area contributed by atoms with Crippen molar-refractivity contribution in [2.45, 2.75) is 4.90 Å². The van der Waals surface area contributed by atoms with E-state index in [2.05, 4.69) is 30.8 Å². The molecule has 0 unspecified atom stereocenters. The lowest BCUT2D eigenvalue weighted by Crippen LogP contribution is -2.14. The minimum absolute atomic E-state index is 0.0845. The summed E-state index contributed by atoms with van der Waals surface area (Å²) < 4.78 is 39.5. The Bertz CT molecular complexity index is 672. The lowest BCUT2D eigenvalue weighted by atomic mass is 10.3. The lowest BCUT2D eigenvalue weighted by molar-refractivity contribution is 0.599. The molecule has 18 heavy (non-hydrogen) atoms. The van der Waals surface area contributed by atoms with Crippen LogP contribution in [0, 0.1) is 5.82 Å². The molecule has 6 nitrogen and oxygen atoms in total. The standard InChI is InChI=1S/C9H8BrFN4O2S/c10-5-3-6(11)7(12)4-8(5)18(16,17)15-9-1-2-13-14-9/h1-4H,12H2,(H2,13,14,15). The van der Waals surface area contributed by atoms with E-state index in [-0.39, 0.29) is 20.9 Å². The van der Waals surface area contributed by atoms with Crippen molar-refractivity contribution in [2.24, 2.45) is 0 Å². The van der Waals surface area contributed by atoms with Crippen molar-refractivity contribution in [1.82, 2.24) is 10.2 Å². The summed E-state index contributed by atoms with van der Waals surface area (Å²) >= 11 is 2.98. The van der Waals surface area contributed by atoms with Crippen molar-refractivity contribution < 1.29 is 12.8 Å². The van der Waals surface area contributed by atoms with Crippen LogP contribution >= 0.6 is 15.9 Å². The van der Waals surface area contributed by atoms with E-state index in [4.69, 9.17) is 5.73 Å². The summed E-state index contributed by atoms with van der Waals surface area (Å²) in [5.41, 5.74) is 5.10. The van der Waals surface area contributed by atoms with Gasteiger partial charge in [-0.2, -0.15) is 5.10 Å². The van der Waals surface area contributed by atoms with Crippen molar-refractivity contribution in [3.63, 3.8) is 0 Å². The Hall–Kier alpha value is -1.61.